The van der Waals surface area contributed by atoms with Crippen molar-refractivity contribution in [1.29, 1.82) is 0 Å². The molecule has 2 atom stereocenters. The number of carbonyl (C=O) groups is 1. The van der Waals surface area contributed by atoms with E-state index in [1.807, 2.05) is 12.2 Å². The van der Waals surface area contributed by atoms with E-state index in [4.69, 9.17) is 0 Å². The molecule has 0 bridgehead atoms. The summed E-state index contributed by atoms with van der Waals surface area (Å²) in [4.78, 5) is 22.5. The van der Waals surface area contributed by atoms with Gasteiger partial charge in [0.1, 0.15) is 12.4 Å². The first-order valence-corrected chi connectivity index (χ1v) is 9.06. The Hall–Kier alpha value is -2.52. The maximum Gasteiger partial charge on any atom is 0.405 e. The van der Waals surface area contributed by atoms with Gasteiger partial charge in [-0.3, -0.25) is 4.40 Å². The molecule has 0 radical (unpaired) electrons. The number of carbonyl (C=O) groups excluding carboxylic acids is 1. The molecular weight excluding hydrogens is 361 g/mol. The summed E-state index contributed by atoms with van der Waals surface area (Å²) >= 11 is 0. The molecule has 4 heterocycles. The molecule has 0 unspecified atom stereocenters. The van der Waals surface area contributed by atoms with Crippen LogP contribution in [0.4, 0.5) is 23.8 Å². The van der Waals surface area contributed by atoms with Crippen molar-refractivity contribution >= 4 is 17.5 Å². The molecule has 0 saturated carbocycles. The van der Waals surface area contributed by atoms with Crippen molar-refractivity contribution in [2.45, 2.75) is 31.9 Å². The van der Waals surface area contributed by atoms with Crippen molar-refractivity contribution in [3.05, 3.63) is 23.8 Å². The fraction of sp³-hybridized carbons (Fsp3) is 0.588. The zero-order valence-corrected chi connectivity index (χ0v) is 14.9. The molecule has 4 rings (SSSR count). The van der Waals surface area contributed by atoms with Crippen molar-refractivity contribution < 1.29 is 18.0 Å². The van der Waals surface area contributed by atoms with E-state index < -0.39 is 18.8 Å². The van der Waals surface area contributed by atoms with Crippen molar-refractivity contribution in [1.82, 2.24) is 24.6 Å². The number of hydrogen-bond acceptors (Lipinski definition) is 4. The molecule has 2 aliphatic rings. The second kappa shape index (κ2) is 6.58. The largest absolute Gasteiger partial charge is 0.405 e. The molecular formula is C17H21F3N6O. The summed E-state index contributed by atoms with van der Waals surface area (Å²) < 4.78 is 39.3. The predicted molar refractivity (Wildman–Crippen MR) is 92.7 cm³/mol. The predicted octanol–water partition coefficient (Wildman–Crippen LogP) is 2.39. The Morgan fingerprint density at radius 3 is 2.89 bits per heavy atom. The van der Waals surface area contributed by atoms with Crippen LogP contribution in [0.5, 0.6) is 0 Å². The van der Waals surface area contributed by atoms with E-state index in [9.17, 15) is 18.0 Å². The third-order valence-corrected chi connectivity index (χ3v) is 5.40. The Morgan fingerprint density at radius 2 is 2.15 bits per heavy atom. The molecule has 2 aliphatic heterocycles. The van der Waals surface area contributed by atoms with Crippen LogP contribution in [0.3, 0.4) is 0 Å². The normalized spacial score (nSPS) is 22.1. The number of likely N-dealkylation sites (tertiary alicyclic amines) is 1. The minimum absolute atomic E-state index is 0.0220. The monoisotopic (exact) mass is 382 g/mol. The molecule has 1 saturated heterocycles. The molecule has 10 heteroatoms. The quantitative estimate of drug-likeness (QED) is 0.855. The van der Waals surface area contributed by atoms with Crippen LogP contribution in [-0.4, -0.2) is 57.7 Å². The second-order valence-corrected chi connectivity index (χ2v) is 7.06. The number of amides is 2. The van der Waals surface area contributed by atoms with Crippen LogP contribution in [0.15, 0.2) is 12.4 Å². The Morgan fingerprint density at radius 1 is 1.33 bits per heavy atom. The smallest absolute Gasteiger partial charge is 0.368 e. The van der Waals surface area contributed by atoms with Crippen molar-refractivity contribution in [2.24, 2.45) is 5.92 Å². The van der Waals surface area contributed by atoms with Crippen LogP contribution in [0.25, 0.3) is 5.65 Å². The molecule has 7 nitrogen and oxygen atoms in total. The second-order valence-electron chi connectivity index (χ2n) is 7.06. The van der Waals surface area contributed by atoms with Gasteiger partial charge in [-0.2, -0.15) is 13.2 Å². The van der Waals surface area contributed by atoms with Gasteiger partial charge >= 0.3 is 12.2 Å². The minimum Gasteiger partial charge on any atom is -0.368 e. The molecule has 146 valence electrons. The minimum atomic E-state index is -4.42. The fourth-order valence-corrected chi connectivity index (χ4v) is 4.08. The number of imidazole rings is 1. The third kappa shape index (κ3) is 3.28. The number of halogens is 3. The van der Waals surface area contributed by atoms with E-state index in [0.717, 1.165) is 42.2 Å². The number of nitrogens with one attached hydrogen (secondary N) is 2. The van der Waals surface area contributed by atoms with Gasteiger partial charge in [-0.1, -0.05) is 13.3 Å². The number of nitrogens with zero attached hydrogens (tertiary/aromatic N) is 4. The maximum absolute atomic E-state index is 12.4. The topological polar surface area (TPSA) is 74.6 Å². The lowest BCUT2D eigenvalue weighted by molar-refractivity contribution is -0.123. The molecule has 2 aromatic heterocycles. The van der Waals surface area contributed by atoms with Gasteiger partial charge in [0.2, 0.25) is 0 Å². The van der Waals surface area contributed by atoms with Crippen LogP contribution < -0.4 is 10.6 Å². The van der Waals surface area contributed by atoms with E-state index in [0.29, 0.717) is 13.1 Å². The van der Waals surface area contributed by atoms with Gasteiger partial charge in [-0.05, 0) is 5.92 Å². The van der Waals surface area contributed by atoms with Gasteiger partial charge < -0.3 is 15.5 Å². The van der Waals surface area contributed by atoms with Gasteiger partial charge in [0, 0.05) is 43.9 Å². The molecule has 0 aliphatic carbocycles. The summed E-state index contributed by atoms with van der Waals surface area (Å²) in [6, 6.07) is -0.671. The fourth-order valence-electron chi connectivity index (χ4n) is 4.08. The highest BCUT2D eigenvalue weighted by atomic mass is 19.4. The van der Waals surface area contributed by atoms with Crippen molar-refractivity contribution in [2.75, 3.05) is 31.5 Å². The van der Waals surface area contributed by atoms with Crippen LogP contribution in [0.2, 0.25) is 0 Å². The van der Waals surface area contributed by atoms with Crippen LogP contribution in [-0.2, 0) is 6.42 Å². The third-order valence-electron chi connectivity index (χ3n) is 5.40. The highest BCUT2D eigenvalue weighted by Crippen LogP contribution is 2.36. The summed E-state index contributed by atoms with van der Waals surface area (Å²) in [7, 11) is 0. The van der Waals surface area contributed by atoms with Crippen LogP contribution in [0.1, 0.15) is 30.7 Å². The number of alkyl halides is 3. The van der Waals surface area contributed by atoms with Crippen LogP contribution in [0, 0.1) is 5.92 Å². The van der Waals surface area contributed by atoms with Gasteiger partial charge in [0.05, 0.1) is 11.9 Å². The Balaban J connectivity index is 1.60. The van der Waals surface area contributed by atoms with Gasteiger partial charge in [-0.15, -0.1) is 0 Å². The summed E-state index contributed by atoms with van der Waals surface area (Å²) in [5.41, 5.74) is 2.81. The zero-order chi connectivity index (χ0) is 19.2. The van der Waals surface area contributed by atoms with Gasteiger partial charge in [0.25, 0.3) is 0 Å². The Labute approximate surface area is 154 Å². The van der Waals surface area contributed by atoms with Gasteiger partial charge in [0.15, 0.2) is 5.65 Å². The number of hydrogen-bond donors (Lipinski definition) is 2. The van der Waals surface area contributed by atoms with E-state index in [1.54, 1.807) is 12.4 Å². The summed E-state index contributed by atoms with van der Waals surface area (Å²) in [5, 5.41) is 5.22. The first-order chi connectivity index (χ1) is 12.9. The van der Waals surface area contributed by atoms with Crippen molar-refractivity contribution in [3.63, 3.8) is 0 Å². The van der Waals surface area contributed by atoms with E-state index >= 15 is 0 Å². The summed E-state index contributed by atoms with van der Waals surface area (Å²) in [6.07, 6.45) is 0.764. The number of rotatable bonds is 3. The molecule has 0 aromatic carbocycles. The van der Waals surface area contributed by atoms with Crippen molar-refractivity contribution in [3.8, 4) is 0 Å². The van der Waals surface area contributed by atoms with E-state index in [-0.39, 0.29) is 11.8 Å². The standard InChI is InChI=1S/C17H21F3N6O/c1-2-10-7-25(16(27)24-9-17(18,19)20)8-11(10)13-5-22-14-6-23-15-12(26(13)14)3-4-21-15/h5-6,10-11,21H,2-4,7-9H2,1H3,(H,24,27)/t10-,11+/m1/s1. The highest BCUT2D eigenvalue weighted by Gasteiger charge is 2.38. The van der Waals surface area contributed by atoms with E-state index in [2.05, 4.69) is 19.7 Å². The first-order valence-electron chi connectivity index (χ1n) is 9.06. The number of fused-ring (bicyclic) bond motifs is 3. The van der Waals surface area contributed by atoms with Gasteiger partial charge in [-0.25, -0.2) is 14.8 Å². The number of aromatic nitrogens is 3. The van der Waals surface area contributed by atoms with Crippen LogP contribution >= 0.6 is 0 Å². The maximum atomic E-state index is 12.4. The van der Waals surface area contributed by atoms with E-state index in [1.165, 1.54) is 4.90 Å². The zero-order valence-electron chi connectivity index (χ0n) is 14.9. The lowest BCUT2D eigenvalue weighted by Gasteiger charge is -2.18. The summed E-state index contributed by atoms with van der Waals surface area (Å²) in [5.74, 6) is 1.03. The Bertz CT molecular complexity index is 864. The first kappa shape index (κ1) is 17.9. The molecule has 0 spiro atoms. The average molecular weight is 382 g/mol. The Kier molecular flexibility index (Phi) is 4.35. The molecule has 2 N–H and O–H groups in total. The number of anilines is 1. The average Bonchev–Trinajstić information content (AvgIpc) is 3.33. The lowest BCUT2D eigenvalue weighted by Crippen LogP contribution is -2.42. The lowest BCUT2D eigenvalue weighted by atomic mass is 9.91. The molecule has 1 fully saturated rings. The molecule has 27 heavy (non-hydrogen) atoms. The molecule has 2 aromatic rings. The molecule has 2 amide bonds. The SMILES string of the molecule is CC[C@@H]1CN(C(=O)NCC(F)(F)F)C[C@@H]1c1cnc2cnc3c(n12)CCN3. The summed E-state index contributed by atoms with van der Waals surface area (Å²) in [6.45, 7) is 2.34. The number of urea groups is 1. The highest BCUT2D eigenvalue weighted by molar-refractivity contribution is 5.74.